The molecule has 2 aromatic rings. The lowest BCUT2D eigenvalue weighted by atomic mass is 10.1. The van der Waals surface area contributed by atoms with Crippen LogP contribution in [-0.2, 0) is 9.53 Å². The zero-order valence-electron chi connectivity index (χ0n) is 13.7. The number of hydrogen-bond donors (Lipinski definition) is 2. The summed E-state index contributed by atoms with van der Waals surface area (Å²) in [6.07, 6.45) is -1.03. The Bertz CT molecular complexity index is 790. The van der Waals surface area contributed by atoms with E-state index in [4.69, 9.17) is 10.5 Å². The van der Waals surface area contributed by atoms with Crippen molar-refractivity contribution in [2.45, 2.75) is 26.9 Å². The topological polar surface area (TPSA) is 81.4 Å². The predicted molar refractivity (Wildman–Crippen MR) is 90.2 cm³/mol. The Morgan fingerprint density at radius 2 is 1.88 bits per heavy atom. The molecule has 24 heavy (non-hydrogen) atoms. The standard InChI is InChI=1S/C18H19FN2O3/c1-10-4-5-11(2)16(8-10)21-17(22)12(3)24-18(23)14-7-6-13(19)9-15(14)20/h4-9,12H,20H2,1-3H3,(H,21,22)/t12-/m1/s1. The molecular weight excluding hydrogens is 311 g/mol. The maximum absolute atomic E-state index is 13.0. The molecule has 0 bridgehead atoms. The van der Waals surface area contributed by atoms with E-state index in [9.17, 15) is 14.0 Å². The first-order valence-corrected chi connectivity index (χ1v) is 7.42. The third kappa shape index (κ3) is 4.10. The highest BCUT2D eigenvalue weighted by Crippen LogP contribution is 2.18. The molecule has 2 rings (SSSR count). The van der Waals surface area contributed by atoms with Crippen molar-refractivity contribution < 1.29 is 18.7 Å². The second-order valence-electron chi connectivity index (χ2n) is 5.59. The van der Waals surface area contributed by atoms with E-state index in [1.54, 1.807) is 0 Å². The lowest BCUT2D eigenvalue weighted by Gasteiger charge is -2.15. The van der Waals surface area contributed by atoms with Gasteiger partial charge in [-0.05, 0) is 56.2 Å². The van der Waals surface area contributed by atoms with Gasteiger partial charge in [0.15, 0.2) is 6.10 Å². The second-order valence-corrected chi connectivity index (χ2v) is 5.59. The van der Waals surface area contributed by atoms with Gasteiger partial charge in [-0.25, -0.2) is 9.18 Å². The van der Waals surface area contributed by atoms with Gasteiger partial charge in [0.1, 0.15) is 5.82 Å². The maximum Gasteiger partial charge on any atom is 0.341 e. The minimum atomic E-state index is -1.03. The van der Waals surface area contributed by atoms with Crippen molar-refractivity contribution >= 4 is 23.3 Å². The number of anilines is 2. The molecule has 6 heteroatoms. The molecule has 0 aliphatic carbocycles. The Hall–Kier alpha value is -2.89. The smallest absolute Gasteiger partial charge is 0.341 e. The van der Waals surface area contributed by atoms with Gasteiger partial charge in [-0.3, -0.25) is 4.79 Å². The number of aryl methyl sites for hydroxylation is 2. The molecule has 1 amide bonds. The fraction of sp³-hybridized carbons (Fsp3) is 0.222. The molecule has 0 saturated carbocycles. The molecule has 0 radical (unpaired) electrons. The van der Waals surface area contributed by atoms with Crippen LogP contribution in [-0.4, -0.2) is 18.0 Å². The van der Waals surface area contributed by atoms with Gasteiger partial charge in [0.25, 0.3) is 5.91 Å². The Balaban J connectivity index is 2.05. The van der Waals surface area contributed by atoms with Crippen LogP contribution in [0.4, 0.5) is 15.8 Å². The van der Waals surface area contributed by atoms with Crippen molar-refractivity contribution in [3.8, 4) is 0 Å². The SMILES string of the molecule is Cc1ccc(C)c(NC(=O)[C@@H](C)OC(=O)c2ccc(F)cc2N)c1. The van der Waals surface area contributed by atoms with E-state index in [2.05, 4.69) is 5.32 Å². The molecule has 0 heterocycles. The number of nitrogens with one attached hydrogen (secondary N) is 1. The zero-order valence-corrected chi connectivity index (χ0v) is 13.7. The lowest BCUT2D eigenvalue weighted by molar-refractivity contribution is -0.123. The predicted octanol–water partition coefficient (Wildman–Crippen LogP) is 3.21. The summed E-state index contributed by atoms with van der Waals surface area (Å²) in [5.74, 6) is -1.79. The first-order chi connectivity index (χ1) is 11.3. The number of carbonyl (C=O) groups excluding carboxylic acids is 2. The highest BCUT2D eigenvalue weighted by Gasteiger charge is 2.21. The number of benzene rings is 2. The van der Waals surface area contributed by atoms with Crippen LogP contribution in [0, 0.1) is 19.7 Å². The van der Waals surface area contributed by atoms with E-state index >= 15 is 0 Å². The number of nitrogens with two attached hydrogens (primary N) is 1. The zero-order chi connectivity index (χ0) is 17.9. The van der Waals surface area contributed by atoms with Gasteiger partial charge in [0.2, 0.25) is 0 Å². The number of rotatable bonds is 4. The summed E-state index contributed by atoms with van der Waals surface area (Å²) in [6.45, 7) is 5.24. The molecule has 0 saturated heterocycles. The van der Waals surface area contributed by atoms with E-state index in [0.717, 1.165) is 23.3 Å². The number of esters is 1. The van der Waals surface area contributed by atoms with E-state index in [1.807, 2.05) is 32.0 Å². The van der Waals surface area contributed by atoms with Crippen LogP contribution in [0.1, 0.15) is 28.4 Å². The Kier molecular flexibility index (Phi) is 5.18. The van der Waals surface area contributed by atoms with E-state index in [1.165, 1.54) is 13.0 Å². The highest BCUT2D eigenvalue weighted by atomic mass is 19.1. The van der Waals surface area contributed by atoms with E-state index < -0.39 is 23.8 Å². The van der Waals surface area contributed by atoms with Crippen LogP contribution in [0.15, 0.2) is 36.4 Å². The van der Waals surface area contributed by atoms with Crippen molar-refractivity contribution in [3.63, 3.8) is 0 Å². The summed E-state index contributed by atoms with van der Waals surface area (Å²) in [7, 11) is 0. The van der Waals surface area contributed by atoms with Gasteiger partial charge < -0.3 is 15.8 Å². The van der Waals surface area contributed by atoms with Gasteiger partial charge in [-0.15, -0.1) is 0 Å². The van der Waals surface area contributed by atoms with Crippen LogP contribution < -0.4 is 11.1 Å². The fourth-order valence-electron chi connectivity index (χ4n) is 2.10. The van der Waals surface area contributed by atoms with Crippen molar-refractivity contribution in [1.82, 2.24) is 0 Å². The minimum Gasteiger partial charge on any atom is -0.449 e. The minimum absolute atomic E-state index is 0.0165. The first kappa shape index (κ1) is 17.5. The average Bonchev–Trinajstić information content (AvgIpc) is 2.50. The van der Waals surface area contributed by atoms with Gasteiger partial charge >= 0.3 is 5.97 Å². The third-order valence-electron chi connectivity index (χ3n) is 3.54. The number of nitrogen functional groups attached to an aromatic ring is 1. The molecule has 0 unspecified atom stereocenters. The summed E-state index contributed by atoms with van der Waals surface area (Å²) in [6, 6.07) is 9.01. The normalized spacial score (nSPS) is 11.7. The monoisotopic (exact) mass is 330 g/mol. The molecule has 0 aromatic heterocycles. The molecule has 0 spiro atoms. The molecular formula is C18H19FN2O3. The molecule has 2 aromatic carbocycles. The van der Waals surface area contributed by atoms with Crippen molar-refractivity contribution in [2.24, 2.45) is 0 Å². The summed E-state index contributed by atoms with van der Waals surface area (Å²) < 4.78 is 18.1. The molecule has 0 fully saturated rings. The molecule has 5 nitrogen and oxygen atoms in total. The summed E-state index contributed by atoms with van der Waals surface area (Å²) in [4.78, 5) is 24.3. The summed E-state index contributed by atoms with van der Waals surface area (Å²) in [5, 5.41) is 2.72. The van der Waals surface area contributed by atoms with Crippen molar-refractivity contribution in [2.75, 3.05) is 11.1 Å². The molecule has 3 N–H and O–H groups in total. The second kappa shape index (κ2) is 7.12. The van der Waals surface area contributed by atoms with Gasteiger partial charge in [-0.2, -0.15) is 0 Å². The molecule has 126 valence electrons. The highest BCUT2D eigenvalue weighted by molar-refractivity contribution is 5.99. The molecule has 1 atom stereocenters. The largest absolute Gasteiger partial charge is 0.449 e. The lowest BCUT2D eigenvalue weighted by Crippen LogP contribution is -2.30. The van der Waals surface area contributed by atoms with Gasteiger partial charge in [-0.1, -0.05) is 12.1 Å². The Labute approximate surface area is 139 Å². The number of halogens is 1. The maximum atomic E-state index is 13.0. The Morgan fingerprint density at radius 3 is 2.54 bits per heavy atom. The summed E-state index contributed by atoms with van der Waals surface area (Å²) >= 11 is 0. The number of amides is 1. The Morgan fingerprint density at radius 1 is 1.17 bits per heavy atom. The van der Waals surface area contributed by atoms with E-state index in [0.29, 0.717) is 5.69 Å². The van der Waals surface area contributed by atoms with Gasteiger partial charge in [0.05, 0.1) is 5.56 Å². The van der Waals surface area contributed by atoms with Crippen molar-refractivity contribution in [3.05, 3.63) is 58.9 Å². The summed E-state index contributed by atoms with van der Waals surface area (Å²) in [5.41, 5.74) is 8.12. The molecule has 0 aliphatic rings. The third-order valence-corrected chi connectivity index (χ3v) is 3.54. The average molecular weight is 330 g/mol. The van der Waals surface area contributed by atoms with Crippen LogP contribution >= 0.6 is 0 Å². The fourth-order valence-corrected chi connectivity index (χ4v) is 2.10. The van der Waals surface area contributed by atoms with Crippen LogP contribution in [0.5, 0.6) is 0 Å². The van der Waals surface area contributed by atoms with Crippen LogP contribution in [0.2, 0.25) is 0 Å². The molecule has 0 aliphatic heterocycles. The van der Waals surface area contributed by atoms with Crippen LogP contribution in [0.3, 0.4) is 0 Å². The number of carbonyl (C=O) groups is 2. The van der Waals surface area contributed by atoms with Crippen LogP contribution in [0.25, 0.3) is 0 Å². The first-order valence-electron chi connectivity index (χ1n) is 7.42. The number of hydrogen-bond acceptors (Lipinski definition) is 4. The van der Waals surface area contributed by atoms with Gasteiger partial charge in [0, 0.05) is 11.4 Å². The van der Waals surface area contributed by atoms with Crippen molar-refractivity contribution in [1.29, 1.82) is 0 Å². The quantitative estimate of drug-likeness (QED) is 0.666. The van der Waals surface area contributed by atoms with E-state index in [-0.39, 0.29) is 11.3 Å². The number of ether oxygens (including phenoxy) is 1.